The molecule has 7 heteroatoms. The van der Waals surface area contributed by atoms with Crippen LogP contribution in [0.5, 0.6) is 0 Å². The molecule has 0 bridgehead atoms. The maximum absolute atomic E-state index is 12.6. The van der Waals surface area contributed by atoms with Crippen LogP contribution in [0.15, 0.2) is 23.1 Å². The Balaban J connectivity index is 2.26. The van der Waals surface area contributed by atoms with Gasteiger partial charge in [0.05, 0.1) is 21.6 Å². The Morgan fingerprint density at radius 2 is 2.29 bits per heavy atom. The summed E-state index contributed by atoms with van der Waals surface area (Å²) in [7, 11) is -3.63. The zero-order chi connectivity index (χ0) is 15.5. The molecule has 1 unspecified atom stereocenters. The fourth-order valence-electron chi connectivity index (χ4n) is 2.31. The van der Waals surface area contributed by atoms with Gasteiger partial charge < -0.3 is 4.74 Å². The molecule has 1 aliphatic heterocycles. The van der Waals surface area contributed by atoms with Gasteiger partial charge in [0.25, 0.3) is 0 Å². The van der Waals surface area contributed by atoms with E-state index in [0.29, 0.717) is 19.7 Å². The molecular weight excluding hydrogens is 312 g/mol. The summed E-state index contributed by atoms with van der Waals surface area (Å²) in [5.74, 6) is 0. The summed E-state index contributed by atoms with van der Waals surface area (Å²) in [5.41, 5.74) is 0.262. The Hall–Kier alpha value is -1.13. The molecule has 0 aromatic heterocycles. The van der Waals surface area contributed by atoms with Crippen LogP contribution in [-0.2, 0) is 14.8 Å². The molecule has 0 saturated carbocycles. The number of hydrogen-bond donors (Lipinski definition) is 0. The van der Waals surface area contributed by atoms with Gasteiger partial charge in [0.1, 0.15) is 6.07 Å². The van der Waals surface area contributed by atoms with Gasteiger partial charge in [-0.15, -0.1) is 0 Å². The summed E-state index contributed by atoms with van der Waals surface area (Å²) in [6.07, 6.45) is 1.79. The van der Waals surface area contributed by atoms with Gasteiger partial charge in [0.15, 0.2) is 0 Å². The Morgan fingerprint density at radius 1 is 1.52 bits per heavy atom. The highest BCUT2D eigenvalue weighted by molar-refractivity contribution is 7.89. The number of rotatable bonds is 5. The molecule has 1 aromatic rings. The minimum absolute atomic E-state index is 0.0476. The van der Waals surface area contributed by atoms with E-state index < -0.39 is 10.0 Å². The fourth-order valence-corrected chi connectivity index (χ4v) is 4.10. The summed E-state index contributed by atoms with van der Waals surface area (Å²) < 4.78 is 32.2. The molecule has 0 N–H and O–H groups in total. The van der Waals surface area contributed by atoms with Crippen molar-refractivity contribution in [1.82, 2.24) is 4.31 Å². The van der Waals surface area contributed by atoms with Crippen molar-refractivity contribution in [2.45, 2.75) is 30.8 Å². The van der Waals surface area contributed by atoms with E-state index in [1.165, 1.54) is 22.5 Å². The van der Waals surface area contributed by atoms with Crippen molar-refractivity contribution in [3.8, 4) is 6.07 Å². The van der Waals surface area contributed by atoms with E-state index in [1.54, 1.807) is 6.92 Å². The molecule has 1 fully saturated rings. The van der Waals surface area contributed by atoms with E-state index in [0.717, 1.165) is 12.8 Å². The molecule has 0 amide bonds. The number of nitriles is 1. The molecule has 2 rings (SSSR count). The van der Waals surface area contributed by atoms with Gasteiger partial charge in [-0.2, -0.15) is 9.57 Å². The monoisotopic (exact) mass is 328 g/mol. The lowest BCUT2D eigenvalue weighted by Crippen LogP contribution is -2.37. The molecule has 0 aliphatic carbocycles. The number of hydrogen-bond acceptors (Lipinski definition) is 4. The Labute approximate surface area is 130 Å². The van der Waals surface area contributed by atoms with Crippen molar-refractivity contribution in [2.24, 2.45) is 0 Å². The smallest absolute Gasteiger partial charge is 0.243 e. The Kier molecular flexibility index (Phi) is 5.22. The SMILES string of the molecule is CCN(CC1CCCO1)S(=O)(=O)c1ccc(C#N)c(Cl)c1. The predicted octanol–water partition coefficient (Wildman–Crippen LogP) is 2.40. The lowest BCUT2D eigenvalue weighted by molar-refractivity contribution is 0.0947. The molecule has 1 atom stereocenters. The second kappa shape index (κ2) is 6.75. The lowest BCUT2D eigenvalue weighted by atomic mass is 10.2. The number of halogens is 1. The zero-order valence-corrected chi connectivity index (χ0v) is 13.3. The second-order valence-electron chi connectivity index (χ2n) is 4.84. The first-order valence-corrected chi connectivity index (χ1v) is 8.62. The highest BCUT2D eigenvalue weighted by Gasteiger charge is 2.28. The van der Waals surface area contributed by atoms with E-state index in [9.17, 15) is 8.42 Å². The first-order chi connectivity index (χ1) is 9.98. The summed E-state index contributed by atoms with van der Waals surface area (Å²) >= 11 is 5.92. The van der Waals surface area contributed by atoms with Crippen LogP contribution in [0.3, 0.4) is 0 Å². The number of sulfonamides is 1. The van der Waals surface area contributed by atoms with Crippen molar-refractivity contribution in [3.63, 3.8) is 0 Å². The minimum atomic E-state index is -3.63. The van der Waals surface area contributed by atoms with E-state index in [4.69, 9.17) is 21.6 Å². The van der Waals surface area contributed by atoms with Gasteiger partial charge >= 0.3 is 0 Å². The van der Waals surface area contributed by atoms with Crippen molar-refractivity contribution in [2.75, 3.05) is 19.7 Å². The lowest BCUT2D eigenvalue weighted by Gasteiger charge is -2.23. The Morgan fingerprint density at radius 3 is 2.81 bits per heavy atom. The molecular formula is C14H17ClN2O3S. The number of benzene rings is 1. The summed E-state index contributed by atoms with van der Waals surface area (Å²) in [4.78, 5) is 0.103. The third-order valence-corrected chi connectivity index (χ3v) is 5.73. The molecule has 0 spiro atoms. The third kappa shape index (κ3) is 3.55. The highest BCUT2D eigenvalue weighted by atomic mass is 35.5. The second-order valence-corrected chi connectivity index (χ2v) is 7.19. The van der Waals surface area contributed by atoms with Gasteiger partial charge in [-0.1, -0.05) is 18.5 Å². The van der Waals surface area contributed by atoms with E-state index >= 15 is 0 Å². The first kappa shape index (κ1) is 16.2. The first-order valence-electron chi connectivity index (χ1n) is 6.80. The van der Waals surface area contributed by atoms with Crippen molar-refractivity contribution < 1.29 is 13.2 Å². The van der Waals surface area contributed by atoms with Crippen LogP contribution in [0.25, 0.3) is 0 Å². The normalized spacial score (nSPS) is 18.9. The maximum Gasteiger partial charge on any atom is 0.243 e. The zero-order valence-electron chi connectivity index (χ0n) is 11.8. The van der Waals surface area contributed by atoms with Gasteiger partial charge in [0.2, 0.25) is 10.0 Å². The maximum atomic E-state index is 12.6. The van der Waals surface area contributed by atoms with E-state index in [2.05, 4.69) is 0 Å². The Bertz CT molecular complexity index is 649. The summed E-state index contributed by atoms with van der Waals surface area (Å²) in [6, 6.07) is 6.08. The molecule has 1 saturated heterocycles. The number of likely N-dealkylation sites (N-methyl/N-ethyl adjacent to an activating group) is 1. The molecule has 5 nitrogen and oxygen atoms in total. The average molecular weight is 329 g/mol. The van der Waals surface area contributed by atoms with Crippen molar-refractivity contribution >= 4 is 21.6 Å². The molecule has 21 heavy (non-hydrogen) atoms. The molecule has 1 aliphatic rings. The molecule has 0 radical (unpaired) electrons. The molecule has 1 aromatic carbocycles. The minimum Gasteiger partial charge on any atom is -0.377 e. The van der Waals surface area contributed by atoms with Gasteiger partial charge in [-0.3, -0.25) is 0 Å². The topological polar surface area (TPSA) is 70.4 Å². The van der Waals surface area contributed by atoms with Crippen LogP contribution >= 0.6 is 11.6 Å². The van der Waals surface area contributed by atoms with Crippen LogP contribution in [0, 0.1) is 11.3 Å². The quantitative estimate of drug-likeness (QED) is 0.832. The largest absolute Gasteiger partial charge is 0.377 e. The van der Waals surface area contributed by atoms with Crippen LogP contribution in [0.1, 0.15) is 25.3 Å². The average Bonchev–Trinajstić information content (AvgIpc) is 2.97. The predicted molar refractivity (Wildman–Crippen MR) is 79.6 cm³/mol. The fraction of sp³-hybridized carbons (Fsp3) is 0.500. The van der Waals surface area contributed by atoms with E-state index in [-0.39, 0.29) is 21.6 Å². The van der Waals surface area contributed by atoms with Gasteiger partial charge in [-0.05, 0) is 31.0 Å². The van der Waals surface area contributed by atoms with Crippen LogP contribution in [-0.4, -0.2) is 38.5 Å². The van der Waals surface area contributed by atoms with Crippen molar-refractivity contribution in [1.29, 1.82) is 5.26 Å². The van der Waals surface area contributed by atoms with Crippen molar-refractivity contribution in [3.05, 3.63) is 28.8 Å². The number of nitrogens with zero attached hydrogens (tertiary/aromatic N) is 2. The van der Waals surface area contributed by atoms with E-state index in [1.807, 2.05) is 6.07 Å². The highest BCUT2D eigenvalue weighted by Crippen LogP contribution is 2.24. The summed E-state index contributed by atoms with van der Waals surface area (Å²) in [5, 5.41) is 8.99. The summed E-state index contributed by atoms with van der Waals surface area (Å²) in [6.45, 7) is 3.18. The number of ether oxygens (including phenoxy) is 1. The van der Waals surface area contributed by atoms with Gasteiger partial charge in [-0.25, -0.2) is 8.42 Å². The molecule has 1 heterocycles. The standard InChI is InChI=1S/C14H17ClN2O3S/c1-2-17(10-12-4-3-7-20-12)21(18,19)13-6-5-11(9-16)14(15)8-13/h5-6,8,12H,2-4,7,10H2,1H3. The molecule has 114 valence electrons. The van der Waals surface area contributed by atoms with Crippen LogP contribution in [0.2, 0.25) is 5.02 Å². The van der Waals surface area contributed by atoms with Gasteiger partial charge in [0, 0.05) is 19.7 Å². The van der Waals surface area contributed by atoms with Crippen LogP contribution < -0.4 is 0 Å². The third-order valence-electron chi connectivity index (χ3n) is 3.48. The van der Waals surface area contributed by atoms with Crippen LogP contribution in [0.4, 0.5) is 0 Å².